The molecule has 1 unspecified atom stereocenters. The third-order valence-electron chi connectivity index (χ3n) is 3.58. The Kier molecular flexibility index (Phi) is 7.52. The maximum absolute atomic E-state index is 12.1. The Balaban J connectivity index is 2.56. The number of hydrogen-bond donors (Lipinski definition) is 1. The highest BCUT2D eigenvalue weighted by Gasteiger charge is 2.32. The molecule has 0 amide bonds. The van der Waals surface area contributed by atoms with Crippen molar-refractivity contribution in [2.45, 2.75) is 72.0 Å². The number of nitrogens with one attached hydrogen (secondary N) is 1. The minimum atomic E-state index is -0.206. The summed E-state index contributed by atoms with van der Waals surface area (Å²) in [5.74, 6) is 0.590. The smallest absolute Gasteiger partial charge is 0.324 e. The van der Waals surface area contributed by atoms with E-state index < -0.39 is 0 Å². The second-order valence-electron chi connectivity index (χ2n) is 6.53. The second-order valence-corrected chi connectivity index (χ2v) is 6.53. The highest BCUT2D eigenvalue weighted by atomic mass is 16.5. The molecule has 0 aromatic rings. The van der Waals surface area contributed by atoms with Gasteiger partial charge in [-0.2, -0.15) is 0 Å². The number of carbonyl (C=O) groups excluding carboxylic acids is 1. The van der Waals surface area contributed by atoms with Crippen LogP contribution in [0.5, 0.6) is 0 Å². The van der Waals surface area contributed by atoms with Gasteiger partial charge >= 0.3 is 5.97 Å². The lowest BCUT2D eigenvalue weighted by molar-refractivity contribution is -0.146. The van der Waals surface area contributed by atoms with Gasteiger partial charge in [0.25, 0.3) is 0 Å². The SMILES string of the molecule is CCOC(=O)C(CN(CCC(C)C)C1CC1)NC(C)C. The Bertz CT molecular complexity index is 288. The van der Waals surface area contributed by atoms with E-state index in [1.54, 1.807) is 0 Å². The molecular formula is C16H32N2O2. The maximum atomic E-state index is 12.1. The fraction of sp³-hybridized carbons (Fsp3) is 0.938. The highest BCUT2D eigenvalue weighted by Crippen LogP contribution is 2.27. The van der Waals surface area contributed by atoms with Crippen LogP contribution in [0.15, 0.2) is 0 Å². The van der Waals surface area contributed by atoms with Crippen LogP contribution in [0.2, 0.25) is 0 Å². The van der Waals surface area contributed by atoms with Gasteiger partial charge in [-0.3, -0.25) is 9.69 Å². The van der Waals surface area contributed by atoms with Crippen molar-refractivity contribution in [1.82, 2.24) is 10.2 Å². The summed E-state index contributed by atoms with van der Waals surface area (Å²) in [6.45, 7) is 12.8. The fourth-order valence-corrected chi connectivity index (χ4v) is 2.36. The molecule has 1 atom stereocenters. The molecule has 1 rings (SSSR count). The predicted molar refractivity (Wildman–Crippen MR) is 82.7 cm³/mol. The fourth-order valence-electron chi connectivity index (χ4n) is 2.36. The Morgan fingerprint density at radius 1 is 1.30 bits per heavy atom. The number of nitrogens with zero attached hydrogens (tertiary/aromatic N) is 1. The van der Waals surface area contributed by atoms with E-state index in [9.17, 15) is 4.79 Å². The Hall–Kier alpha value is -0.610. The van der Waals surface area contributed by atoms with Gasteiger partial charge in [-0.1, -0.05) is 27.7 Å². The minimum absolute atomic E-state index is 0.114. The Morgan fingerprint density at radius 2 is 1.95 bits per heavy atom. The Morgan fingerprint density at radius 3 is 2.40 bits per heavy atom. The molecule has 0 aliphatic heterocycles. The van der Waals surface area contributed by atoms with Crippen LogP contribution in [0.1, 0.15) is 53.9 Å². The van der Waals surface area contributed by atoms with Crippen molar-refractivity contribution in [2.24, 2.45) is 5.92 Å². The normalized spacial score (nSPS) is 17.0. The van der Waals surface area contributed by atoms with E-state index >= 15 is 0 Å². The minimum Gasteiger partial charge on any atom is -0.465 e. The van der Waals surface area contributed by atoms with Crippen molar-refractivity contribution < 1.29 is 9.53 Å². The van der Waals surface area contributed by atoms with Gasteiger partial charge in [-0.25, -0.2) is 0 Å². The van der Waals surface area contributed by atoms with Crippen LogP contribution in [0.3, 0.4) is 0 Å². The molecule has 118 valence electrons. The van der Waals surface area contributed by atoms with Crippen LogP contribution in [0, 0.1) is 5.92 Å². The van der Waals surface area contributed by atoms with Gasteiger partial charge in [0, 0.05) is 18.6 Å². The van der Waals surface area contributed by atoms with Crippen LogP contribution >= 0.6 is 0 Å². The van der Waals surface area contributed by atoms with Crippen molar-refractivity contribution >= 4 is 5.97 Å². The summed E-state index contributed by atoms with van der Waals surface area (Å²) in [6.07, 6.45) is 3.73. The van der Waals surface area contributed by atoms with E-state index in [1.165, 1.54) is 19.3 Å². The van der Waals surface area contributed by atoms with Crippen molar-refractivity contribution in [3.63, 3.8) is 0 Å². The maximum Gasteiger partial charge on any atom is 0.324 e. The molecule has 1 N–H and O–H groups in total. The first-order chi connectivity index (χ1) is 9.43. The third kappa shape index (κ3) is 6.71. The summed E-state index contributed by atoms with van der Waals surface area (Å²) < 4.78 is 5.20. The first-order valence-corrected chi connectivity index (χ1v) is 8.10. The zero-order valence-electron chi connectivity index (χ0n) is 13.8. The lowest BCUT2D eigenvalue weighted by atomic mass is 10.1. The molecule has 0 radical (unpaired) electrons. The number of ether oxygens (including phenoxy) is 1. The van der Waals surface area contributed by atoms with Crippen molar-refractivity contribution in [1.29, 1.82) is 0 Å². The molecule has 1 aliphatic carbocycles. The molecule has 1 saturated carbocycles. The molecule has 0 saturated heterocycles. The number of hydrogen-bond acceptors (Lipinski definition) is 4. The zero-order valence-corrected chi connectivity index (χ0v) is 13.8. The first-order valence-electron chi connectivity index (χ1n) is 8.10. The van der Waals surface area contributed by atoms with Crippen molar-refractivity contribution in [2.75, 3.05) is 19.7 Å². The summed E-state index contributed by atoms with van der Waals surface area (Å²) in [5, 5.41) is 3.35. The van der Waals surface area contributed by atoms with Crippen LogP contribution in [-0.4, -0.2) is 48.7 Å². The van der Waals surface area contributed by atoms with Crippen LogP contribution < -0.4 is 5.32 Å². The highest BCUT2D eigenvalue weighted by molar-refractivity contribution is 5.76. The molecule has 20 heavy (non-hydrogen) atoms. The van der Waals surface area contributed by atoms with Crippen molar-refractivity contribution in [3.05, 3.63) is 0 Å². The van der Waals surface area contributed by atoms with E-state index in [0.717, 1.165) is 13.1 Å². The standard InChI is InChI=1S/C16H32N2O2/c1-6-20-16(19)15(17-13(4)5)11-18(14-7-8-14)10-9-12(2)3/h12-15,17H,6-11H2,1-5H3. The van der Waals surface area contributed by atoms with E-state index in [2.05, 4.69) is 37.9 Å². The molecule has 0 spiro atoms. The molecule has 4 nitrogen and oxygen atoms in total. The molecule has 0 bridgehead atoms. The van der Waals surface area contributed by atoms with Gasteiger partial charge in [0.2, 0.25) is 0 Å². The van der Waals surface area contributed by atoms with Gasteiger partial charge < -0.3 is 10.1 Å². The topological polar surface area (TPSA) is 41.6 Å². The molecule has 0 aromatic heterocycles. The zero-order chi connectivity index (χ0) is 15.1. The summed E-state index contributed by atoms with van der Waals surface area (Å²) in [5.41, 5.74) is 0. The Labute approximate surface area is 124 Å². The van der Waals surface area contributed by atoms with Crippen LogP contribution in [-0.2, 0) is 9.53 Å². The number of rotatable bonds is 10. The molecule has 1 fully saturated rings. The summed E-state index contributed by atoms with van der Waals surface area (Å²) in [7, 11) is 0. The van der Waals surface area contributed by atoms with E-state index in [-0.39, 0.29) is 18.1 Å². The van der Waals surface area contributed by atoms with E-state index in [1.807, 2.05) is 6.92 Å². The largest absolute Gasteiger partial charge is 0.465 e. The summed E-state index contributed by atoms with van der Waals surface area (Å²) >= 11 is 0. The molecular weight excluding hydrogens is 252 g/mol. The predicted octanol–water partition coefficient (Wildman–Crippen LogP) is 2.43. The summed E-state index contributed by atoms with van der Waals surface area (Å²) in [4.78, 5) is 14.6. The van der Waals surface area contributed by atoms with E-state index in [0.29, 0.717) is 18.6 Å². The molecule has 1 aliphatic rings. The monoisotopic (exact) mass is 284 g/mol. The van der Waals surface area contributed by atoms with E-state index in [4.69, 9.17) is 4.74 Å². The molecule has 0 heterocycles. The van der Waals surface area contributed by atoms with Crippen LogP contribution in [0.25, 0.3) is 0 Å². The van der Waals surface area contributed by atoms with Gasteiger partial charge in [0.05, 0.1) is 6.61 Å². The number of carbonyl (C=O) groups is 1. The van der Waals surface area contributed by atoms with Gasteiger partial charge in [0.15, 0.2) is 0 Å². The summed E-state index contributed by atoms with van der Waals surface area (Å²) in [6, 6.07) is 0.762. The van der Waals surface area contributed by atoms with Gasteiger partial charge in [-0.15, -0.1) is 0 Å². The lowest BCUT2D eigenvalue weighted by Gasteiger charge is -2.28. The van der Waals surface area contributed by atoms with Gasteiger partial charge in [-0.05, 0) is 38.6 Å². The van der Waals surface area contributed by atoms with Crippen LogP contribution in [0.4, 0.5) is 0 Å². The number of esters is 1. The van der Waals surface area contributed by atoms with Gasteiger partial charge in [0.1, 0.15) is 6.04 Å². The quantitative estimate of drug-likeness (QED) is 0.626. The van der Waals surface area contributed by atoms with Crippen molar-refractivity contribution in [3.8, 4) is 0 Å². The molecule has 4 heteroatoms. The second kappa shape index (κ2) is 8.63. The third-order valence-corrected chi connectivity index (χ3v) is 3.58. The first kappa shape index (κ1) is 17.4. The average Bonchev–Trinajstić information content (AvgIpc) is 3.16. The lowest BCUT2D eigenvalue weighted by Crippen LogP contribution is -2.50. The molecule has 0 aromatic carbocycles. The average molecular weight is 284 g/mol.